The molecule has 138 valence electrons. The van der Waals surface area contributed by atoms with Crippen molar-refractivity contribution in [2.45, 2.75) is 12.8 Å². The van der Waals surface area contributed by atoms with Crippen molar-refractivity contribution in [1.82, 2.24) is 4.90 Å². The van der Waals surface area contributed by atoms with Gasteiger partial charge in [0.1, 0.15) is 11.5 Å². The zero-order valence-corrected chi connectivity index (χ0v) is 15.6. The van der Waals surface area contributed by atoms with E-state index in [1.807, 2.05) is 30.0 Å². The van der Waals surface area contributed by atoms with E-state index in [0.717, 1.165) is 5.56 Å². The normalized spacial score (nSPS) is 19.5. The fourth-order valence-corrected chi connectivity index (χ4v) is 3.75. The summed E-state index contributed by atoms with van der Waals surface area (Å²) in [6.45, 7) is 3.80. The molecule has 2 aromatic carbocycles. The van der Waals surface area contributed by atoms with Gasteiger partial charge in [0.15, 0.2) is 0 Å². The number of rotatable bonds is 5. The first-order valence-corrected chi connectivity index (χ1v) is 8.86. The van der Waals surface area contributed by atoms with E-state index in [1.165, 1.54) is 5.56 Å². The molecule has 2 N–H and O–H groups in total. The van der Waals surface area contributed by atoms with Gasteiger partial charge in [-0.3, -0.25) is 4.79 Å². The van der Waals surface area contributed by atoms with Crippen molar-refractivity contribution in [3.8, 4) is 11.5 Å². The summed E-state index contributed by atoms with van der Waals surface area (Å²) >= 11 is 0. The molecule has 5 heteroatoms. The van der Waals surface area contributed by atoms with E-state index in [4.69, 9.17) is 15.2 Å². The molecule has 2 atom stereocenters. The smallest absolute Gasteiger partial charge is 0.254 e. The molecule has 26 heavy (non-hydrogen) atoms. The van der Waals surface area contributed by atoms with Gasteiger partial charge in [0.2, 0.25) is 0 Å². The number of carbonyl (C=O) groups is 1. The average molecular weight is 354 g/mol. The average Bonchev–Trinajstić information content (AvgIpc) is 3.12. The van der Waals surface area contributed by atoms with Crippen molar-refractivity contribution in [2.75, 3.05) is 33.9 Å². The Kier molecular flexibility index (Phi) is 5.47. The highest BCUT2D eigenvalue weighted by atomic mass is 16.5. The molecule has 0 spiro atoms. The monoisotopic (exact) mass is 354 g/mol. The minimum absolute atomic E-state index is 0.0153. The van der Waals surface area contributed by atoms with Crippen LogP contribution in [0.2, 0.25) is 0 Å². The number of carbonyl (C=O) groups excluding carboxylic acids is 1. The number of amides is 1. The summed E-state index contributed by atoms with van der Waals surface area (Å²) in [5, 5.41) is 0. The van der Waals surface area contributed by atoms with E-state index in [1.54, 1.807) is 26.4 Å². The number of nitrogens with two attached hydrogens (primary N) is 1. The fraction of sp³-hybridized carbons (Fsp3) is 0.381. The summed E-state index contributed by atoms with van der Waals surface area (Å²) in [6.07, 6.45) is 0. The van der Waals surface area contributed by atoms with Crippen LogP contribution in [0.5, 0.6) is 11.5 Å². The second kappa shape index (κ2) is 7.79. The third-order valence-electron chi connectivity index (χ3n) is 5.26. The van der Waals surface area contributed by atoms with Crippen LogP contribution in [0.25, 0.3) is 0 Å². The maximum absolute atomic E-state index is 13.1. The molecule has 1 fully saturated rings. The third kappa shape index (κ3) is 3.40. The first-order chi connectivity index (χ1) is 12.6. The molecule has 1 aliphatic heterocycles. The van der Waals surface area contributed by atoms with E-state index in [2.05, 4.69) is 12.1 Å². The molecule has 0 bridgehead atoms. The quantitative estimate of drug-likeness (QED) is 0.897. The molecule has 3 rings (SSSR count). The number of nitrogens with zero attached hydrogens (tertiary/aromatic N) is 1. The van der Waals surface area contributed by atoms with Crippen LogP contribution in [0.3, 0.4) is 0 Å². The molecular formula is C21H26N2O3. The molecular weight excluding hydrogens is 328 g/mol. The number of hydrogen-bond donors (Lipinski definition) is 1. The number of likely N-dealkylation sites (tertiary alicyclic amines) is 1. The van der Waals surface area contributed by atoms with Gasteiger partial charge >= 0.3 is 0 Å². The summed E-state index contributed by atoms with van der Waals surface area (Å²) in [6, 6.07) is 13.9. The number of ether oxygens (including phenoxy) is 2. The fourth-order valence-electron chi connectivity index (χ4n) is 3.75. The largest absolute Gasteiger partial charge is 0.496 e. The van der Waals surface area contributed by atoms with Gasteiger partial charge in [-0.25, -0.2) is 0 Å². The lowest BCUT2D eigenvalue weighted by Gasteiger charge is -2.19. The van der Waals surface area contributed by atoms with Gasteiger partial charge in [0, 0.05) is 30.1 Å². The van der Waals surface area contributed by atoms with Crippen LogP contribution in [0.15, 0.2) is 42.5 Å². The van der Waals surface area contributed by atoms with Gasteiger partial charge in [0.25, 0.3) is 5.91 Å². The molecule has 1 heterocycles. The lowest BCUT2D eigenvalue weighted by atomic mass is 9.89. The molecule has 0 unspecified atom stereocenters. The standard InChI is InChI=1S/C21H26N2O3/c1-14-19(25-2)9-16(10-20(14)26-3)21(24)23-12-17(11-22)18(13-23)15-7-5-4-6-8-15/h4-10,17-18H,11-13,22H2,1-3H3/t17-,18+/m1/s1. The van der Waals surface area contributed by atoms with E-state index < -0.39 is 0 Å². The molecule has 0 aromatic heterocycles. The highest BCUT2D eigenvalue weighted by Crippen LogP contribution is 2.35. The van der Waals surface area contributed by atoms with Gasteiger partial charge in [0.05, 0.1) is 14.2 Å². The predicted molar refractivity (Wildman–Crippen MR) is 102 cm³/mol. The van der Waals surface area contributed by atoms with Crippen LogP contribution in [0.4, 0.5) is 0 Å². The van der Waals surface area contributed by atoms with Crippen molar-refractivity contribution < 1.29 is 14.3 Å². The van der Waals surface area contributed by atoms with Gasteiger partial charge in [-0.2, -0.15) is 0 Å². The topological polar surface area (TPSA) is 64.8 Å². The molecule has 1 saturated heterocycles. The lowest BCUT2D eigenvalue weighted by Crippen LogP contribution is -2.30. The Balaban J connectivity index is 1.87. The highest BCUT2D eigenvalue weighted by Gasteiger charge is 2.35. The van der Waals surface area contributed by atoms with Crippen molar-refractivity contribution in [2.24, 2.45) is 11.7 Å². The van der Waals surface area contributed by atoms with Crippen LogP contribution in [0.1, 0.15) is 27.4 Å². The Hall–Kier alpha value is -2.53. The minimum Gasteiger partial charge on any atom is -0.496 e. The van der Waals surface area contributed by atoms with Gasteiger partial charge < -0.3 is 20.1 Å². The minimum atomic E-state index is -0.0153. The van der Waals surface area contributed by atoms with E-state index in [-0.39, 0.29) is 17.7 Å². The maximum Gasteiger partial charge on any atom is 0.254 e. The Bertz CT molecular complexity index is 751. The zero-order chi connectivity index (χ0) is 18.7. The third-order valence-corrected chi connectivity index (χ3v) is 5.26. The van der Waals surface area contributed by atoms with Crippen molar-refractivity contribution in [1.29, 1.82) is 0 Å². The van der Waals surface area contributed by atoms with Crippen LogP contribution in [0, 0.1) is 12.8 Å². The summed E-state index contributed by atoms with van der Waals surface area (Å²) in [4.78, 5) is 15.0. The summed E-state index contributed by atoms with van der Waals surface area (Å²) < 4.78 is 10.8. The van der Waals surface area contributed by atoms with E-state index in [0.29, 0.717) is 36.7 Å². The number of benzene rings is 2. The van der Waals surface area contributed by atoms with Crippen LogP contribution in [-0.2, 0) is 0 Å². The summed E-state index contributed by atoms with van der Waals surface area (Å²) in [7, 11) is 3.20. The molecule has 0 aliphatic carbocycles. The Labute approximate surface area is 154 Å². The molecule has 5 nitrogen and oxygen atoms in total. The number of hydrogen-bond acceptors (Lipinski definition) is 4. The highest BCUT2D eigenvalue weighted by molar-refractivity contribution is 5.95. The lowest BCUT2D eigenvalue weighted by molar-refractivity contribution is 0.0785. The van der Waals surface area contributed by atoms with Crippen molar-refractivity contribution in [3.05, 3.63) is 59.2 Å². The molecule has 0 radical (unpaired) electrons. The first kappa shape index (κ1) is 18.3. The predicted octanol–water partition coefficient (Wildman–Crippen LogP) is 2.83. The molecule has 1 aliphatic rings. The Morgan fingerprint density at radius 3 is 2.27 bits per heavy atom. The Morgan fingerprint density at radius 2 is 1.73 bits per heavy atom. The summed E-state index contributed by atoms with van der Waals surface area (Å²) in [5.41, 5.74) is 8.69. The van der Waals surface area contributed by atoms with Crippen molar-refractivity contribution in [3.63, 3.8) is 0 Å². The van der Waals surface area contributed by atoms with E-state index >= 15 is 0 Å². The van der Waals surface area contributed by atoms with Gasteiger partial charge in [-0.05, 0) is 37.1 Å². The molecule has 1 amide bonds. The van der Waals surface area contributed by atoms with Gasteiger partial charge in [-0.15, -0.1) is 0 Å². The van der Waals surface area contributed by atoms with E-state index in [9.17, 15) is 4.79 Å². The molecule has 0 saturated carbocycles. The Morgan fingerprint density at radius 1 is 1.12 bits per heavy atom. The van der Waals surface area contributed by atoms with Crippen LogP contribution >= 0.6 is 0 Å². The number of methoxy groups -OCH3 is 2. The maximum atomic E-state index is 13.1. The first-order valence-electron chi connectivity index (χ1n) is 8.86. The second-order valence-electron chi connectivity index (χ2n) is 6.73. The zero-order valence-electron chi connectivity index (χ0n) is 15.6. The summed E-state index contributed by atoms with van der Waals surface area (Å²) in [5.74, 6) is 1.82. The van der Waals surface area contributed by atoms with Gasteiger partial charge in [-0.1, -0.05) is 30.3 Å². The van der Waals surface area contributed by atoms with Crippen LogP contribution < -0.4 is 15.2 Å². The SMILES string of the molecule is COc1cc(C(=O)N2C[C@@H](CN)[C@H](c3ccccc3)C2)cc(OC)c1C. The van der Waals surface area contributed by atoms with Crippen LogP contribution in [-0.4, -0.2) is 44.7 Å². The second-order valence-corrected chi connectivity index (χ2v) is 6.73. The van der Waals surface area contributed by atoms with Crippen molar-refractivity contribution >= 4 is 5.91 Å². The molecule has 2 aromatic rings.